The van der Waals surface area contributed by atoms with Crippen LogP contribution in [0.4, 0.5) is 0 Å². The highest BCUT2D eigenvalue weighted by atomic mass is 35.5. The molecule has 0 atom stereocenters. The van der Waals surface area contributed by atoms with Gasteiger partial charge in [-0.1, -0.05) is 54.1 Å². The van der Waals surface area contributed by atoms with Crippen LogP contribution >= 0.6 is 11.6 Å². The first-order valence-electron chi connectivity index (χ1n) is 12.8. The van der Waals surface area contributed by atoms with Crippen molar-refractivity contribution in [1.29, 1.82) is 0 Å². The first kappa shape index (κ1) is 26.2. The standard InChI is InChI=1S/C30H35ClN2O3/c1-3-36-29(34)30(16-19-33(20-17-30)18-8-11-23-9-5-4-6-10-23)15-7-12-25-26-21-24(35-2)13-14-28(26)32-22-27(25)31/h4-6,8-11,13-14,21-22H,3,7,12,15-20H2,1-2H3/b11-8+. The Hall–Kier alpha value is -2.89. The smallest absolute Gasteiger partial charge is 0.312 e. The van der Waals surface area contributed by atoms with E-state index in [2.05, 4.69) is 34.2 Å². The topological polar surface area (TPSA) is 51.7 Å². The molecule has 4 rings (SSSR count). The summed E-state index contributed by atoms with van der Waals surface area (Å²) in [6.07, 6.45) is 10.1. The highest BCUT2D eigenvalue weighted by Gasteiger charge is 2.42. The monoisotopic (exact) mass is 506 g/mol. The predicted octanol–water partition coefficient (Wildman–Crippen LogP) is 6.58. The fourth-order valence-electron chi connectivity index (χ4n) is 5.09. The second kappa shape index (κ2) is 12.4. The number of aryl methyl sites for hydroxylation is 1. The number of nitrogens with zero attached hydrogens (tertiary/aromatic N) is 2. The largest absolute Gasteiger partial charge is 0.497 e. The summed E-state index contributed by atoms with van der Waals surface area (Å²) in [6.45, 7) is 4.94. The molecule has 36 heavy (non-hydrogen) atoms. The second-order valence-corrected chi connectivity index (χ2v) is 9.84. The minimum atomic E-state index is -0.442. The van der Waals surface area contributed by atoms with Crippen LogP contribution in [0.15, 0.2) is 60.8 Å². The Morgan fingerprint density at radius 2 is 1.94 bits per heavy atom. The number of hydrogen-bond acceptors (Lipinski definition) is 5. The van der Waals surface area contributed by atoms with E-state index >= 15 is 0 Å². The number of carbonyl (C=O) groups excluding carboxylic acids is 1. The van der Waals surface area contributed by atoms with Crippen molar-refractivity contribution in [3.8, 4) is 5.75 Å². The van der Waals surface area contributed by atoms with Gasteiger partial charge in [-0.15, -0.1) is 0 Å². The lowest BCUT2D eigenvalue weighted by atomic mass is 9.74. The van der Waals surface area contributed by atoms with Crippen molar-refractivity contribution in [3.05, 3.63) is 77.0 Å². The Morgan fingerprint density at radius 1 is 1.17 bits per heavy atom. The summed E-state index contributed by atoms with van der Waals surface area (Å²) < 4.78 is 11.0. The Balaban J connectivity index is 1.41. The molecule has 2 heterocycles. The zero-order chi connectivity index (χ0) is 25.4. The summed E-state index contributed by atoms with van der Waals surface area (Å²) in [5.74, 6) is 0.723. The molecule has 2 aromatic carbocycles. The lowest BCUT2D eigenvalue weighted by Crippen LogP contribution is -2.45. The zero-order valence-corrected chi connectivity index (χ0v) is 22.0. The van der Waals surface area contributed by atoms with Crippen LogP contribution in [-0.2, 0) is 16.0 Å². The molecular weight excluding hydrogens is 472 g/mol. The van der Waals surface area contributed by atoms with Crippen LogP contribution in [0.5, 0.6) is 5.75 Å². The molecule has 0 unspecified atom stereocenters. The maximum atomic E-state index is 13.1. The Morgan fingerprint density at radius 3 is 2.67 bits per heavy atom. The Labute approximate surface area is 219 Å². The number of piperidine rings is 1. The van der Waals surface area contributed by atoms with Crippen molar-refractivity contribution < 1.29 is 14.3 Å². The summed E-state index contributed by atoms with van der Waals surface area (Å²) in [4.78, 5) is 20.0. The number of esters is 1. The van der Waals surface area contributed by atoms with E-state index in [4.69, 9.17) is 21.1 Å². The van der Waals surface area contributed by atoms with Crippen molar-refractivity contribution in [1.82, 2.24) is 9.88 Å². The molecule has 1 aliphatic heterocycles. The molecule has 3 aromatic rings. The van der Waals surface area contributed by atoms with Crippen LogP contribution in [0.3, 0.4) is 0 Å². The maximum Gasteiger partial charge on any atom is 0.312 e. The van der Waals surface area contributed by atoms with Gasteiger partial charge < -0.3 is 9.47 Å². The molecule has 6 heteroatoms. The average Bonchev–Trinajstić information content (AvgIpc) is 2.91. The van der Waals surface area contributed by atoms with Gasteiger partial charge >= 0.3 is 5.97 Å². The zero-order valence-electron chi connectivity index (χ0n) is 21.2. The molecule has 0 spiro atoms. The number of benzene rings is 2. The minimum Gasteiger partial charge on any atom is -0.497 e. The number of fused-ring (bicyclic) bond motifs is 1. The van der Waals surface area contributed by atoms with Gasteiger partial charge in [-0.25, -0.2) is 0 Å². The summed E-state index contributed by atoms with van der Waals surface area (Å²) >= 11 is 6.57. The normalized spacial score (nSPS) is 15.9. The molecule has 5 nitrogen and oxygen atoms in total. The van der Waals surface area contributed by atoms with Gasteiger partial charge in [0.25, 0.3) is 0 Å². The third-order valence-corrected chi connectivity index (χ3v) is 7.54. The van der Waals surface area contributed by atoms with Crippen LogP contribution < -0.4 is 4.74 Å². The van der Waals surface area contributed by atoms with E-state index < -0.39 is 5.41 Å². The third-order valence-electron chi connectivity index (χ3n) is 7.21. The highest BCUT2D eigenvalue weighted by Crippen LogP contribution is 2.39. The molecule has 1 saturated heterocycles. The summed E-state index contributed by atoms with van der Waals surface area (Å²) in [5.41, 5.74) is 2.72. The number of rotatable bonds is 10. The number of carbonyl (C=O) groups is 1. The SMILES string of the molecule is CCOC(=O)C1(CCCc2c(Cl)cnc3ccc(OC)cc23)CCN(C/C=C/c2ccccc2)CC1. The minimum absolute atomic E-state index is 0.0585. The predicted molar refractivity (Wildman–Crippen MR) is 146 cm³/mol. The fourth-order valence-corrected chi connectivity index (χ4v) is 5.34. The van der Waals surface area contributed by atoms with E-state index in [-0.39, 0.29) is 5.97 Å². The van der Waals surface area contributed by atoms with Crippen molar-refractivity contribution >= 4 is 34.5 Å². The van der Waals surface area contributed by atoms with Crippen LogP contribution in [0.2, 0.25) is 5.02 Å². The van der Waals surface area contributed by atoms with Crippen LogP contribution in [0, 0.1) is 5.41 Å². The molecule has 0 radical (unpaired) electrons. The van der Waals surface area contributed by atoms with Gasteiger partial charge in [0, 0.05) is 18.1 Å². The summed E-state index contributed by atoms with van der Waals surface area (Å²) in [5, 5.41) is 1.66. The molecule has 0 amide bonds. The number of hydrogen-bond donors (Lipinski definition) is 0. The average molecular weight is 507 g/mol. The molecule has 1 fully saturated rings. The van der Waals surface area contributed by atoms with Crippen molar-refractivity contribution in [3.63, 3.8) is 0 Å². The van der Waals surface area contributed by atoms with Gasteiger partial charge in [-0.2, -0.15) is 0 Å². The molecule has 1 aromatic heterocycles. The number of aromatic nitrogens is 1. The van der Waals surface area contributed by atoms with E-state index in [1.54, 1.807) is 13.3 Å². The third kappa shape index (κ3) is 6.26. The quantitative estimate of drug-likeness (QED) is 0.291. The fraction of sp³-hybridized carbons (Fsp3) is 0.400. The van der Waals surface area contributed by atoms with Gasteiger partial charge in [-0.05, 0) is 81.4 Å². The van der Waals surface area contributed by atoms with Gasteiger partial charge in [0.15, 0.2) is 0 Å². The lowest BCUT2D eigenvalue weighted by Gasteiger charge is -2.39. The van der Waals surface area contributed by atoms with Gasteiger partial charge in [0.1, 0.15) is 5.75 Å². The van der Waals surface area contributed by atoms with Crippen LogP contribution in [-0.4, -0.2) is 49.2 Å². The summed E-state index contributed by atoms with van der Waals surface area (Å²) in [6, 6.07) is 16.2. The number of pyridine rings is 1. The molecule has 0 bridgehead atoms. The van der Waals surface area contributed by atoms with E-state index in [1.807, 2.05) is 43.3 Å². The van der Waals surface area contributed by atoms with Crippen molar-refractivity contribution in [2.45, 2.75) is 39.0 Å². The van der Waals surface area contributed by atoms with Gasteiger partial charge in [0.05, 0.1) is 29.7 Å². The number of methoxy groups -OCH3 is 1. The Kier molecular flexibility index (Phi) is 9.00. The van der Waals surface area contributed by atoms with Crippen LogP contribution in [0.1, 0.15) is 43.7 Å². The van der Waals surface area contributed by atoms with Gasteiger partial charge in [0.2, 0.25) is 0 Å². The summed E-state index contributed by atoms with van der Waals surface area (Å²) in [7, 11) is 1.66. The lowest BCUT2D eigenvalue weighted by molar-refractivity contribution is -0.159. The van der Waals surface area contributed by atoms with Crippen LogP contribution in [0.25, 0.3) is 17.0 Å². The van der Waals surface area contributed by atoms with E-state index in [9.17, 15) is 4.79 Å². The first-order valence-corrected chi connectivity index (χ1v) is 13.1. The van der Waals surface area contributed by atoms with Crippen molar-refractivity contribution in [2.75, 3.05) is 33.4 Å². The van der Waals surface area contributed by atoms with E-state index in [0.717, 1.165) is 74.0 Å². The van der Waals surface area contributed by atoms with Gasteiger partial charge in [-0.3, -0.25) is 14.7 Å². The number of halogens is 1. The van der Waals surface area contributed by atoms with E-state index in [1.165, 1.54) is 5.56 Å². The maximum absolute atomic E-state index is 13.1. The molecule has 0 aliphatic carbocycles. The van der Waals surface area contributed by atoms with E-state index in [0.29, 0.717) is 11.6 Å². The molecule has 0 N–H and O–H groups in total. The Bertz CT molecular complexity index is 1190. The first-order chi connectivity index (χ1) is 17.5. The molecule has 0 saturated carbocycles. The second-order valence-electron chi connectivity index (χ2n) is 9.44. The van der Waals surface area contributed by atoms with Crippen molar-refractivity contribution in [2.24, 2.45) is 5.41 Å². The molecular formula is C30H35ClN2O3. The molecule has 190 valence electrons. The molecule has 1 aliphatic rings. The number of ether oxygens (including phenoxy) is 2. The highest BCUT2D eigenvalue weighted by molar-refractivity contribution is 6.32. The number of likely N-dealkylation sites (tertiary alicyclic amines) is 1.